The Balaban J connectivity index is 2.06. The van der Waals surface area contributed by atoms with Crippen molar-refractivity contribution in [1.29, 1.82) is 0 Å². The van der Waals surface area contributed by atoms with Crippen LogP contribution in [0.4, 0.5) is 4.79 Å². The minimum absolute atomic E-state index is 0.0467. The van der Waals surface area contributed by atoms with Crippen molar-refractivity contribution in [2.75, 3.05) is 26.2 Å². The molecule has 0 bridgehead atoms. The number of amides is 3. The van der Waals surface area contributed by atoms with Crippen LogP contribution >= 0.6 is 0 Å². The number of alkyl carbamates (subject to hydrolysis) is 1. The third-order valence-corrected chi connectivity index (χ3v) is 4.33. The molecule has 1 rings (SSSR count). The lowest BCUT2D eigenvalue weighted by Gasteiger charge is -2.19. The third kappa shape index (κ3) is 12.8. The number of rotatable bonds is 11. The molecule has 0 aliphatic carbocycles. The predicted molar refractivity (Wildman–Crippen MR) is 125 cm³/mol. The monoisotopic (exact) mass is 449 g/mol. The van der Waals surface area contributed by atoms with Gasteiger partial charge in [0, 0.05) is 19.5 Å². The highest BCUT2D eigenvalue weighted by Gasteiger charge is 2.16. The molecule has 0 saturated carbocycles. The fraction of sp³-hybridized carbons (Fsp3) is 0.625. The van der Waals surface area contributed by atoms with Crippen molar-refractivity contribution in [3.8, 4) is 5.75 Å². The van der Waals surface area contributed by atoms with Gasteiger partial charge >= 0.3 is 6.09 Å². The summed E-state index contributed by atoms with van der Waals surface area (Å²) in [6.45, 7) is 12.9. The maximum atomic E-state index is 11.9. The largest absolute Gasteiger partial charge is 0.494 e. The lowest BCUT2D eigenvalue weighted by Crippen LogP contribution is -2.40. The van der Waals surface area contributed by atoms with Crippen LogP contribution in [0.15, 0.2) is 24.3 Å². The molecule has 0 aromatic heterocycles. The van der Waals surface area contributed by atoms with Crippen molar-refractivity contribution in [3.05, 3.63) is 29.8 Å². The molecule has 8 heteroatoms. The Morgan fingerprint density at radius 1 is 0.812 bits per heavy atom. The molecular formula is C24H39N3O5. The third-order valence-electron chi connectivity index (χ3n) is 4.33. The molecule has 180 valence electrons. The quantitative estimate of drug-likeness (QED) is 0.450. The van der Waals surface area contributed by atoms with Gasteiger partial charge in [-0.3, -0.25) is 9.59 Å². The molecule has 0 unspecified atom stereocenters. The van der Waals surface area contributed by atoms with Crippen molar-refractivity contribution in [2.24, 2.45) is 0 Å². The molecule has 1 aromatic rings. The van der Waals surface area contributed by atoms with Gasteiger partial charge in [0.05, 0.1) is 13.2 Å². The van der Waals surface area contributed by atoms with Gasteiger partial charge in [0.15, 0.2) is 0 Å². The van der Waals surface area contributed by atoms with E-state index in [0.717, 1.165) is 5.75 Å². The standard InChI is InChI=1S/C24H39N3O5/c1-23(2,3)18-10-12-19(13-11-18)31-16-7-9-20(28)25-14-8-15-26-21(29)17-27-22(30)32-24(4,5)6/h10-13H,7-9,14-17H2,1-6H3,(H,25,28)(H,26,29)(H,27,30). The normalized spacial score (nSPS) is 11.4. The average Bonchev–Trinajstić information content (AvgIpc) is 2.68. The van der Waals surface area contributed by atoms with Gasteiger partial charge in [0.1, 0.15) is 11.4 Å². The van der Waals surface area contributed by atoms with Crippen LogP contribution < -0.4 is 20.7 Å². The summed E-state index contributed by atoms with van der Waals surface area (Å²) >= 11 is 0. The first-order valence-electron chi connectivity index (χ1n) is 11.1. The Morgan fingerprint density at radius 2 is 1.41 bits per heavy atom. The second kappa shape index (κ2) is 12.9. The fourth-order valence-corrected chi connectivity index (χ4v) is 2.64. The van der Waals surface area contributed by atoms with Gasteiger partial charge in [-0.25, -0.2) is 4.79 Å². The van der Waals surface area contributed by atoms with Crippen molar-refractivity contribution >= 4 is 17.9 Å². The Kier molecular flexibility index (Phi) is 11.0. The zero-order valence-corrected chi connectivity index (χ0v) is 20.3. The van der Waals surface area contributed by atoms with Crippen molar-refractivity contribution in [3.63, 3.8) is 0 Å². The van der Waals surface area contributed by atoms with E-state index >= 15 is 0 Å². The molecule has 0 aliphatic rings. The topological polar surface area (TPSA) is 106 Å². The van der Waals surface area contributed by atoms with E-state index in [-0.39, 0.29) is 23.8 Å². The van der Waals surface area contributed by atoms with Crippen LogP contribution in [0.5, 0.6) is 5.75 Å². The molecule has 0 radical (unpaired) electrons. The Hall–Kier alpha value is -2.77. The lowest BCUT2D eigenvalue weighted by atomic mass is 9.87. The first-order valence-corrected chi connectivity index (χ1v) is 11.1. The Bertz CT molecular complexity index is 733. The summed E-state index contributed by atoms with van der Waals surface area (Å²) in [7, 11) is 0. The van der Waals surface area contributed by atoms with E-state index in [9.17, 15) is 14.4 Å². The van der Waals surface area contributed by atoms with Gasteiger partial charge in [-0.2, -0.15) is 0 Å². The minimum atomic E-state index is -0.634. The smallest absolute Gasteiger partial charge is 0.408 e. The molecule has 0 fully saturated rings. The summed E-state index contributed by atoms with van der Waals surface area (Å²) in [5.74, 6) is 0.444. The first kappa shape index (κ1) is 27.3. The fourth-order valence-electron chi connectivity index (χ4n) is 2.64. The molecule has 0 aliphatic heterocycles. The van der Waals surface area contributed by atoms with E-state index in [4.69, 9.17) is 9.47 Å². The van der Waals surface area contributed by atoms with Gasteiger partial charge < -0.3 is 25.4 Å². The number of hydrogen-bond acceptors (Lipinski definition) is 5. The Morgan fingerprint density at radius 3 is 1.97 bits per heavy atom. The molecule has 3 N–H and O–H groups in total. The van der Waals surface area contributed by atoms with E-state index in [0.29, 0.717) is 39.0 Å². The number of benzene rings is 1. The highest BCUT2D eigenvalue weighted by atomic mass is 16.6. The molecule has 3 amide bonds. The SMILES string of the molecule is CC(C)(C)OC(=O)NCC(=O)NCCCNC(=O)CCCOc1ccc(C(C)(C)C)cc1. The van der Waals surface area contributed by atoms with Crippen LogP contribution in [0, 0.1) is 0 Å². The van der Waals surface area contributed by atoms with Crippen molar-refractivity contribution in [2.45, 2.75) is 71.8 Å². The molecule has 1 aromatic carbocycles. The van der Waals surface area contributed by atoms with Crippen LogP contribution in [0.1, 0.15) is 66.4 Å². The number of ether oxygens (including phenoxy) is 2. The zero-order valence-electron chi connectivity index (χ0n) is 20.3. The van der Waals surface area contributed by atoms with Crippen LogP contribution in [-0.2, 0) is 19.7 Å². The number of hydrogen-bond donors (Lipinski definition) is 3. The van der Waals surface area contributed by atoms with Crippen molar-refractivity contribution in [1.82, 2.24) is 16.0 Å². The van der Waals surface area contributed by atoms with Crippen LogP contribution in [-0.4, -0.2) is 49.7 Å². The summed E-state index contributed by atoms with van der Waals surface area (Å²) in [4.78, 5) is 35.1. The van der Waals surface area contributed by atoms with Gasteiger partial charge in [-0.05, 0) is 56.7 Å². The van der Waals surface area contributed by atoms with Gasteiger partial charge in [0.25, 0.3) is 0 Å². The first-order chi connectivity index (χ1) is 14.9. The molecule has 0 spiro atoms. The average molecular weight is 450 g/mol. The molecule has 8 nitrogen and oxygen atoms in total. The minimum Gasteiger partial charge on any atom is -0.494 e. The highest BCUT2D eigenvalue weighted by Crippen LogP contribution is 2.24. The lowest BCUT2D eigenvalue weighted by molar-refractivity contribution is -0.121. The summed E-state index contributed by atoms with van der Waals surface area (Å²) in [5.41, 5.74) is 0.749. The van der Waals surface area contributed by atoms with E-state index in [1.807, 2.05) is 12.1 Å². The number of nitrogens with one attached hydrogen (secondary N) is 3. The van der Waals surface area contributed by atoms with Gasteiger partial charge in [-0.1, -0.05) is 32.9 Å². The van der Waals surface area contributed by atoms with Gasteiger partial charge in [-0.15, -0.1) is 0 Å². The predicted octanol–water partition coefficient (Wildman–Crippen LogP) is 3.29. The maximum Gasteiger partial charge on any atom is 0.408 e. The van der Waals surface area contributed by atoms with E-state index in [1.54, 1.807) is 20.8 Å². The Labute approximate surface area is 191 Å². The molecule has 0 heterocycles. The van der Waals surface area contributed by atoms with E-state index in [2.05, 4.69) is 48.9 Å². The molecule has 32 heavy (non-hydrogen) atoms. The van der Waals surface area contributed by atoms with Crippen molar-refractivity contribution < 1.29 is 23.9 Å². The molecule has 0 saturated heterocycles. The second-order valence-electron chi connectivity index (χ2n) is 9.64. The summed E-state index contributed by atoms with van der Waals surface area (Å²) < 4.78 is 10.7. The van der Waals surface area contributed by atoms with E-state index in [1.165, 1.54) is 5.56 Å². The summed E-state index contributed by atoms with van der Waals surface area (Å²) in [5, 5.41) is 7.89. The summed E-state index contributed by atoms with van der Waals surface area (Å²) in [6, 6.07) is 8.04. The van der Waals surface area contributed by atoms with Crippen LogP contribution in [0.2, 0.25) is 0 Å². The van der Waals surface area contributed by atoms with Gasteiger partial charge in [0.2, 0.25) is 11.8 Å². The highest BCUT2D eigenvalue weighted by molar-refractivity contribution is 5.82. The second-order valence-corrected chi connectivity index (χ2v) is 9.64. The summed E-state index contributed by atoms with van der Waals surface area (Å²) in [6.07, 6.45) is 0.970. The zero-order chi connectivity index (χ0) is 24.2. The molecule has 0 atom stereocenters. The molecular weight excluding hydrogens is 410 g/mol. The maximum absolute atomic E-state index is 11.9. The van der Waals surface area contributed by atoms with E-state index < -0.39 is 11.7 Å². The van der Waals surface area contributed by atoms with Crippen LogP contribution in [0.3, 0.4) is 0 Å². The number of carbonyl (C=O) groups excluding carboxylic acids is 3. The number of carbonyl (C=O) groups is 3. The van der Waals surface area contributed by atoms with Crippen LogP contribution in [0.25, 0.3) is 0 Å².